The maximum Gasteiger partial charge on any atom is 0.226 e. The number of hydrogen-bond donors (Lipinski definition) is 3. The number of amides is 2. The van der Waals surface area contributed by atoms with E-state index in [9.17, 15) is 9.59 Å². The van der Waals surface area contributed by atoms with E-state index in [4.69, 9.17) is 11.6 Å². The standard InChI is InChI=1S/C19H28ClN3O2.ClH/c1-13(15-5-4-9-21-12-15)11-19(25)22-10-8-18(24)23-17-7-3-6-16(20)14(17)2;/h3,6-7,13,15,21H,4-5,8-12H2,1-2H3,(H,22,25)(H,23,24);1H. The molecule has 0 aliphatic carbocycles. The van der Waals surface area contributed by atoms with Crippen LogP contribution >= 0.6 is 24.0 Å². The highest BCUT2D eigenvalue weighted by molar-refractivity contribution is 6.31. The summed E-state index contributed by atoms with van der Waals surface area (Å²) < 4.78 is 0. The second-order valence-electron chi connectivity index (χ2n) is 6.85. The van der Waals surface area contributed by atoms with Crippen molar-refractivity contribution in [3.05, 3.63) is 28.8 Å². The van der Waals surface area contributed by atoms with Gasteiger partial charge >= 0.3 is 0 Å². The van der Waals surface area contributed by atoms with Gasteiger partial charge in [0.2, 0.25) is 11.8 Å². The van der Waals surface area contributed by atoms with Crippen LogP contribution in [0.1, 0.15) is 38.2 Å². The van der Waals surface area contributed by atoms with E-state index in [1.54, 1.807) is 12.1 Å². The fourth-order valence-corrected chi connectivity index (χ4v) is 3.34. The normalized spacial score (nSPS) is 17.7. The lowest BCUT2D eigenvalue weighted by atomic mass is 9.85. The first-order valence-electron chi connectivity index (χ1n) is 8.99. The molecule has 1 aromatic rings. The number of piperidine rings is 1. The van der Waals surface area contributed by atoms with Crippen LogP contribution in [0.15, 0.2) is 18.2 Å². The van der Waals surface area contributed by atoms with Crippen molar-refractivity contribution < 1.29 is 9.59 Å². The Hall–Kier alpha value is -1.30. The summed E-state index contributed by atoms with van der Waals surface area (Å²) in [7, 11) is 0. The average molecular weight is 402 g/mol. The highest BCUT2D eigenvalue weighted by atomic mass is 35.5. The molecule has 0 bridgehead atoms. The maximum absolute atomic E-state index is 12.1. The first-order valence-corrected chi connectivity index (χ1v) is 9.37. The van der Waals surface area contributed by atoms with Crippen LogP contribution in [0, 0.1) is 18.8 Å². The molecule has 7 heteroatoms. The lowest BCUT2D eigenvalue weighted by Gasteiger charge is -2.28. The fraction of sp³-hybridized carbons (Fsp3) is 0.579. The van der Waals surface area contributed by atoms with E-state index in [0.717, 1.165) is 18.7 Å². The third-order valence-electron chi connectivity index (χ3n) is 4.86. The average Bonchev–Trinajstić information content (AvgIpc) is 2.59. The quantitative estimate of drug-likeness (QED) is 0.654. The van der Waals surface area contributed by atoms with Crippen molar-refractivity contribution in [3.8, 4) is 0 Å². The molecule has 0 saturated carbocycles. The van der Waals surface area contributed by atoms with Gasteiger partial charge in [-0.1, -0.05) is 24.6 Å². The van der Waals surface area contributed by atoms with Crippen LogP contribution in [0.5, 0.6) is 0 Å². The SMILES string of the molecule is Cc1c(Cl)cccc1NC(=O)CCNC(=O)CC(C)C1CCCNC1.Cl. The third-order valence-corrected chi connectivity index (χ3v) is 5.27. The maximum atomic E-state index is 12.1. The van der Waals surface area contributed by atoms with Gasteiger partial charge in [0.05, 0.1) is 0 Å². The predicted molar refractivity (Wildman–Crippen MR) is 109 cm³/mol. The Bertz CT molecular complexity index is 604. The second kappa shape index (κ2) is 11.4. The van der Waals surface area contributed by atoms with Crippen molar-refractivity contribution >= 4 is 41.5 Å². The number of hydrogen-bond acceptors (Lipinski definition) is 3. The molecule has 1 heterocycles. The van der Waals surface area contributed by atoms with Crippen molar-refractivity contribution in [2.75, 3.05) is 25.0 Å². The Morgan fingerprint density at radius 1 is 1.35 bits per heavy atom. The molecule has 0 radical (unpaired) electrons. The molecule has 5 nitrogen and oxygen atoms in total. The second-order valence-corrected chi connectivity index (χ2v) is 7.26. The van der Waals surface area contributed by atoms with Crippen molar-refractivity contribution in [2.45, 2.75) is 39.5 Å². The highest BCUT2D eigenvalue weighted by Crippen LogP contribution is 2.23. The van der Waals surface area contributed by atoms with Gasteiger partial charge in [0, 0.05) is 30.1 Å². The van der Waals surface area contributed by atoms with E-state index in [2.05, 4.69) is 22.9 Å². The van der Waals surface area contributed by atoms with Crippen LogP contribution in [0.3, 0.4) is 0 Å². The van der Waals surface area contributed by atoms with E-state index in [1.165, 1.54) is 12.8 Å². The van der Waals surface area contributed by atoms with E-state index < -0.39 is 0 Å². The minimum atomic E-state index is -0.129. The largest absolute Gasteiger partial charge is 0.356 e. The van der Waals surface area contributed by atoms with Crippen LogP contribution < -0.4 is 16.0 Å². The molecule has 2 unspecified atom stereocenters. The smallest absolute Gasteiger partial charge is 0.226 e. The summed E-state index contributed by atoms with van der Waals surface area (Å²) in [6.45, 7) is 6.42. The molecule has 2 amide bonds. The molecule has 2 rings (SSSR count). The van der Waals surface area contributed by atoms with Crippen LogP contribution in [0.4, 0.5) is 5.69 Å². The van der Waals surface area contributed by atoms with Crippen molar-refractivity contribution in [1.82, 2.24) is 10.6 Å². The molecule has 2 atom stereocenters. The zero-order chi connectivity index (χ0) is 18.2. The van der Waals surface area contributed by atoms with Gasteiger partial charge in [-0.15, -0.1) is 12.4 Å². The first-order chi connectivity index (χ1) is 12.0. The summed E-state index contributed by atoms with van der Waals surface area (Å²) in [5.41, 5.74) is 1.55. The minimum Gasteiger partial charge on any atom is -0.356 e. The number of benzene rings is 1. The predicted octanol–water partition coefficient (Wildman–Crippen LogP) is 3.54. The molecule has 0 aromatic heterocycles. The van der Waals surface area contributed by atoms with E-state index in [-0.39, 0.29) is 30.6 Å². The summed E-state index contributed by atoms with van der Waals surface area (Å²) in [5.74, 6) is 0.810. The highest BCUT2D eigenvalue weighted by Gasteiger charge is 2.21. The Morgan fingerprint density at radius 3 is 2.81 bits per heavy atom. The molecule has 1 saturated heterocycles. The molecule has 1 fully saturated rings. The van der Waals surface area contributed by atoms with Crippen molar-refractivity contribution in [3.63, 3.8) is 0 Å². The number of anilines is 1. The Balaban J connectivity index is 0.00000338. The Labute approximate surface area is 167 Å². The molecule has 1 aliphatic rings. The third kappa shape index (κ3) is 7.14. The molecule has 0 spiro atoms. The Morgan fingerprint density at radius 2 is 2.12 bits per heavy atom. The number of carbonyl (C=O) groups excluding carboxylic acids is 2. The van der Waals surface area contributed by atoms with Gasteiger partial charge in [-0.2, -0.15) is 0 Å². The van der Waals surface area contributed by atoms with Crippen LogP contribution in [0.2, 0.25) is 5.02 Å². The van der Waals surface area contributed by atoms with E-state index in [1.807, 2.05) is 13.0 Å². The first kappa shape index (κ1) is 22.7. The lowest BCUT2D eigenvalue weighted by Crippen LogP contribution is -2.36. The molecule has 1 aromatic carbocycles. The summed E-state index contributed by atoms with van der Waals surface area (Å²) in [4.78, 5) is 24.1. The van der Waals surface area contributed by atoms with Gasteiger partial charge in [-0.25, -0.2) is 0 Å². The molecular weight excluding hydrogens is 373 g/mol. The monoisotopic (exact) mass is 401 g/mol. The molecule has 26 heavy (non-hydrogen) atoms. The zero-order valence-corrected chi connectivity index (χ0v) is 17.0. The zero-order valence-electron chi connectivity index (χ0n) is 15.4. The summed E-state index contributed by atoms with van der Waals surface area (Å²) in [5, 5.41) is 9.69. The van der Waals surface area contributed by atoms with Gasteiger partial charge in [0.25, 0.3) is 0 Å². The molecular formula is C19H29Cl2N3O2. The number of carbonyl (C=O) groups is 2. The number of nitrogens with one attached hydrogen (secondary N) is 3. The summed E-state index contributed by atoms with van der Waals surface area (Å²) in [6, 6.07) is 5.40. The van der Waals surface area contributed by atoms with Crippen LogP contribution in [0.25, 0.3) is 0 Å². The topological polar surface area (TPSA) is 70.2 Å². The number of rotatable bonds is 7. The minimum absolute atomic E-state index is 0. The van der Waals surface area contributed by atoms with Crippen LogP contribution in [-0.4, -0.2) is 31.4 Å². The lowest BCUT2D eigenvalue weighted by molar-refractivity contribution is -0.122. The van der Waals surface area contributed by atoms with Gasteiger partial charge in [-0.3, -0.25) is 9.59 Å². The summed E-state index contributed by atoms with van der Waals surface area (Å²) >= 11 is 6.04. The van der Waals surface area contributed by atoms with Gasteiger partial charge in [0.15, 0.2) is 0 Å². The van der Waals surface area contributed by atoms with Crippen molar-refractivity contribution in [2.24, 2.45) is 11.8 Å². The number of halogens is 2. The van der Waals surface area contributed by atoms with E-state index in [0.29, 0.717) is 35.5 Å². The van der Waals surface area contributed by atoms with Crippen molar-refractivity contribution in [1.29, 1.82) is 0 Å². The van der Waals surface area contributed by atoms with Gasteiger partial charge in [-0.05, 0) is 62.4 Å². The molecule has 3 N–H and O–H groups in total. The fourth-order valence-electron chi connectivity index (χ4n) is 3.17. The summed E-state index contributed by atoms with van der Waals surface area (Å²) in [6.07, 6.45) is 3.13. The van der Waals surface area contributed by atoms with Gasteiger partial charge < -0.3 is 16.0 Å². The van der Waals surface area contributed by atoms with Crippen LogP contribution in [-0.2, 0) is 9.59 Å². The van der Waals surface area contributed by atoms with Gasteiger partial charge in [0.1, 0.15) is 0 Å². The molecule has 1 aliphatic heterocycles. The van der Waals surface area contributed by atoms with E-state index >= 15 is 0 Å². The Kier molecular flexibility index (Phi) is 9.99. The molecule has 146 valence electrons.